The first-order valence-corrected chi connectivity index (χ1v) is 10.9. The van der Waals surface area contributed by atoms with Gasteiger partial charge in [-0.05, 0) is 32.6 Å². The predicted molar refractivity (Wildman–Crippen MR) is 117 cm³/mol. The van der Waals surface area contributed by atoms with E-state index < -0.39 is 0 Å². The summed E-state index contributed by atoms with van der Waals surface area (Å²) < 4.78 is 4.08. The van der Waals surface area contributed by atoms with E-state index in [1.807, 2.05) is 42.1 Å². The van der Waals surface area contributed by atoms with Crippen LogP contribution in [-0.2, 0) is 0 Å². The average molecular weight is 413 g/mol. The van der Waals surface area contributed by atoms with Crippen molar-refractivity contribution < 1.29 is 0 Å². The number of anilines is 1. The molecule has 3 aromatic heterocycles. The molecule has 1 fully saturated rings. The Labute approximate surface area is 180 Å². The second kappa shape index (κ2) is 7.01. The maximum absolute atomic E-state index is 5.11. The van der Waals surface area contributed by atoms with Crippen LogP contribution in [0, 0.1) is 6.92 Å². The number of rotatable bonds is 4. The van der Waals surface area contributed by atoms with Crippen LogP contribution in [0.15, 0.2) is 48.9 Å². The fraction of sp³-hybridized carbons (Fsp3) is 0.348. The Morgan fingerprint density at radius 2 is 1.90 bits per heavy atom. The zero-order valence-corrected chi connectivity index (χ0v) is 17.7. The topological polar surface area (TPSA) is 77.5 Å². The van der Waals surface area contributed by atoms with E-state index in [1.165, 1.54) is 19.3 Å². The lowest BCUT2D eigenvalue weighted by molar-refractivity contribution is 0.341. The Morgan fingerprint density at radius 1 is 1.06 bits per heavy atom. The van der Waals surface area contributed by atoms with Gasteiger partial charge >= 0.3 is 0 Å². The molecule has 1 aliphatic heterocycles. The molecule has 156 valence electrons. The van der Waals surface area contributed by atoms with E-state index in [2.05, 4.69) is 43.7 Å². The summed E-state index contributed by atoms with van der Waals surface area (Å²) in [7, 11) is 0. The molecule has 0 radical (unpaired) electrons. The van der Waals surface area contributed by atoms with Gasteiger partial charge in [0.2, 0.25) is 5.95 Å². The lowest BCUT2D eigenvalue weighted by atomic mass is 9.89. The molecular formula is C23H24N8. The maximum Gasteiger partial charge on any atom is 0.237 e. The average Bonchev–Trinajstić information content (AvgIpc) is 3.40. The molecule has 0 unspecified atom stereocenters. The molecule has 1 saturated carbocycles. The highest BCUT2D eigenvalue weighted by Gasteiger charge is 2.40. The second-order valence-corrected chi connectivity index (χ2v) is 8.22. The molecular weight excluding hydrogens is 388 g/mol. The van der Waals surface area contributed by atoms with E-state index in [4.69, 9.17) is 9.97 Å². The summed E-state index contributed by atoms with van der Waals surface area (Å²) in [6.07, 6.45) is 10.2. The molecule has 0 N–H and O–H groups in total. The van der Waals surface area contributed by atoms with Gasteiger partial charge < -0.3 is 4.90 Å². The highest BCUT2D eigenvalue weighted by molar-refractivity contribution is 5.64. The van der Waals surface area contributed by atoms with Gasteiger partial charge in [0.25, 0.3) is 0 Å². The lowest BCUT2D eigenvalue weighted by Crippen LogP contribution is -2.46. The van der Waals surface area contributed by atoms with Crippen LogP contribution in [0.2, 0.25) is 0 Å². The van der Waals surface area contributed by atoms with Gasteiger partial charge in [-0.3, -0.25) is 9.13 Å². The van der Waals surface area contributed by atoms with Crippen molar-refractivity contribution in [3.63, 3.8) is 0 Å². The Balaban J connectivity index is 1.53. The third-order valence-corrected chi connectivity index (χ3v) is 6.45. The summed E-state index contributed by atoms with van der Waals surface area (Å²) >= 11 is 0. The number of imidazole rings is 1. The first-order valence-electron chi connectivity index (χ1n) is 10.9. The number of aromatic nitrogens is 7. The summed E-state index contributed by atoms with van der Waals surface area (Å²) in [6, 6.07) is 10.8. The van der Waals surface area contributed by atoms with Crippen LogP contribution in [0.5, 0.6) is 0 Å². The van der Waals surface area contributed by atoms with Gasteiger partial charge in [0.15, 0.2) is 11.6 Å². The molecule has 4 aromatic rings. The number of hydrogen-bond donors (Lipinski definition) is 0. The van der Waals surface area contributed by atoms with Crippen molar-refractivity contribution in [2.24, 2.45) is 0 Å². The molecule has 8 nitrogen and oxygen atoms in total. The summed E-state index contributed by atoms with van der Waals surface area (Å²) in [4.78, 5) is 16.9. The van der Waals surface area contributed by atoms with Crippen LogP contribution < -0.4 is 4.90 Å². The van der Waals surface area contributed by atoms with Crippen LogP contribution in [0.4, 0.5) is 5.82 Å². The van der Waals surface area contributed by atoms with Gasteiger partial charge in [0.05, 0.1) is 12.2 Å². The fourth-order valence-corrected chi connectivity index (χ4v) is 4.72. The minimum atomic E-state index is 0.165. The number of hydrogen-bond acceptors (Lipinski definition) is 6. The third-order valence-electron chi connectivity index (χ3n) is 6.45. The zero-order valence-electron chi connectivity index (χ0n) is 17.7. The number of benzene rings is 1. The molecule has 1 aliphatic carbocycles. The molecule has 2 aliphatic rings. The minimum absolute atomic E-state index is 0.165. The van der Waals surface area contributed by atoms with Gasteiger partial charge in [-0.2, -0.15) is 4.98 Å². The summed E-state index contributed by atoms with van der Waals surface area (Å²) in [5, 5.41) is 8.90. The van der Waals surface area contributed by atoms with Crippen molar-refractivity contribution in [1.82, 2.24) is 34.3 Å². The van der Waals surface area contributed by atoms with Crippen LogP contribution in [0.3, 0.4) is 0 Å². The van der Waals surface area contributed by atoms with Gasteiger partial charge in [-0.15, -0.1) is 10.2 Å². The van der Waals surface area contributed by atoms with Crippen molar-refractivity contribution in [1.29, 1.82) is 0 Å². The van der Waals surface area contributed by atoms with Crippen molar-refractivity contribution >= 4 is 5.82 Å². The molecule has 1 atom stereocenters. The molecule has 0 saturated heterocycles. The first-order chi connectivity index (χ1) is 15.3. The third kappa shape index (κ3) is 2.71. The van der Waals surface area contributed by atoms with E-state index in [0.29, 0.717) is 12.0 Å². The Morgan fingerprint density at radius 3 is 2.65 bits per heavy atom. The van der Waals surface area contributed by atoms with Crippen molar-refractivity contribution in [3.05, 3.63) is 60.6 Å². The van der Waals surface area contributed by atoms with Crippen molar-refractivity contribution in [2.45, 2.75) is 51.6 Å². The smallest absolute Gasteiger partial charge is 0.237 e. The largest absolute Gasteiger partial charge is 0.341 e. The highest BCUT2D eigenvalue weighted by Crippen LogP contribution is 2.44. The highest BCUT2D eigenvalue weighted by atomic mass is 15.4. The minimum Gasteiger partial charge on any atom is -0.341 e. The maximum atomic E-state index is 5.11. The van der Waals surface area contributed by atoms with Crippen LogP contribution >= 0.6 is 0 Å². The molecule has 0 bridgehead atoms. The monoisotopic (exact) mass is 412 g/mol. The molecule has 8 heteroatoms. The zero-order chi connectivity index (χ0) is 20.9. The number of fused-ring (bicyclic) bond motifs is 3. The molecule has 4 heterocycles. The standard InChI is InChI=1S/C23H24N8/c1-3-18-22-28-27-15(2)30(22)19-14-25-23(26-21(19)31(18)17-10-7-11-17)29-13-12-24-20(29)16-8-5-4-6-9-16/h4-6,8-9,12-14,17-18H,3,7,10-11H2,1-2H3/t18-/m1/s1. The summed E-state index contributed by atoms with van der Waals surface area (Å²) in [5.41, 5.74) is 1.99. The van der Waals surface area contributed by atoms with Crippen LogP contribution in [-0.4, -0.2) is 40.3 Å². The van der Waals surface area contributed by atoms with E-state index in [0.717, 1.165) is 41.0 Å². The molecule has 0 spiro atoms. The van der Waals surface area contributed by atoms with E-state index in [1.54, 1.807) is 6.20 Å². The summed E-state index contributed by atoms with van der Waals surface area (Å²) in [5.74, 6) is 4.28. The van der Waals surface area contributed by atoms with Gasteiger partial charge in [-0.1, -0.05) is 37.3 Å². The first kappa shape index (κ1) is 18.2. The summed E-state index contributed by atoms with van der Waals surface area (Å²) in [6.45, 7) is 4.20. The fourth-order valence-electron chi connectivity index (χ4n) is 4.72. The van der Waals surface area contributed by atoms with E-state index in [-0.39, 0.29) is 6.04 Å². The van der Waals surface area contributed by atoms with Crippen LogP contribution in [0.1, 0.15) is 50.3 Å². The Bertz CT molecular complexity index is 1240. The molecule has 1 aromatic carbocycles. The van der Waals surface area contributed by atoms with Crippen LogP contribution in [0.25, 0.3) is 23.0 Å². The lowest BCUT2D eigenvalue weighted by Gasteiger charge is -2.45. The molecule has 0 amide bonds. The van der Waals surface area contributed by atoms with Crippen molar-refractivity contribution in [3.8, 4) is 23.0 Å². The molecule has 6 rings (SSSR count). The van der Waals surface area contributed by atoms with Gasteiger partial charge in [0, 0.05) is 24.0 Å². The van der Waals surface area contributed by atoms with E-state index in [9.17, 15) is 0 Å². The second-order valence-electron chi connectivity index (χ2n) is 8.22. The normalized spacial score (nSPS) is 17.9. The number of aryl methyl sites for hydroxylation is 1. The Kier molecular flexibility index (Phi) is 4.12. The quantitative estimate of drug-likeness (QED) is 0.503. The predicted octanol–water partition coefficient (Wildman–Crippen LogP) is 4.04. The molecule has 31 heavy (non-hydrogen) atoms. The SMILES string of the molecule is CC[C@@H]1c2nnc(C)n2-c2cnc(-n3ccnc3-c3ccccc3)nc2N1C1CCC1. The van der Waals surface area contributed by atoms with Crippen molar-refractivity contribution in [2.75, 3.05) is 4.90 Å². The number of nitrogens with zero attached hydrogens (tertiary/aromatic N) is 8. The Hall–Kier alpha value is -3.55. The van der Waals surface area contributed by atoms with Gasteiger partial charge in [-0.25, -0.2) is 9.97 Å². The van der Waals surface area contributed by atoms with E-state index >= 15 is 0 Å². The van der Waals surface area contributed by atoms with Gasteiger partial charge in [0.1, 0.15) is 17.3 Å².